The fraction of sp³-hybridized carbons (Fsp3) is 0.350. The van der Waals surface area contributed by atoms with Crippen LogP contribution in [0, 0.1) is 5.92 Å². The van der Waals surface area contributed by atoms with Crippen molar-refractivity contribution in [2.24, 2.45) is 5.92 Å². The fourth-order valence-electron chi connectivity index (χ4n) is 2.58. The molecule has 0 aliphatic heterocycles. The van der Waals surface area contributed by atoms with Gasteiger partial charge in [-0.1, -0.05) is 50.2 Å². The van der Waals surface area contributed by atoms with Crippen LogP contribution in [0.15, 0.2) is 54.6 Å². The average molecular weight is 365 g/mol. The van der Waals surface area contributed by atoms with Crippen molar-refractivity contribution in [3.63, 3.8) is 0 Å². The number of rotatable bonds is 7. The minimum absolute atomic E-state index is 0.00935. The number of benzene rings is 2. The summed E-state index contributed by atoms with van der Waals surface area (Å²) in [4.78, 5) is 12.2. The van der Waals surface area contributed by atoms with Crippen LogP contribution in [-0.2, 0) is 11.0 Å². The number of hydrogen-bond donors (Lipinski definition) is 1. The highest BCUT2D eigenvalue weighted by Crippen LogP contribution is 2.31. The lowest BCUT2D eigenvalue weighted by molar-refractivity contribution is -0.137. The van der Waals surface area contributed by atoms with Crippen LogP contribution in [0.1, 0.15) is 37.4 Å². The van der Waals surface area contributed by atoms with Gasteiger partial charge in [-0.2, -0.15) is 13.2 Å². The molecule has 140 valence electrons. The largest absolute Gasteiger partial charge is 0.484 e. The van der Waals surface area contributed by atoms with E-state index in [2.05, 4.69) is 19.2 Å². The van der Waals surface area contributed by atoms with Gasteiger partial charge in [-0.15, -0.1) is 0 Å². The Balaban J connectivity index is 1.98. The van der Waals surface area contributed by atoms with E-state index in [4.69, 9.17) is 4.74 Å². The van der Waals surface area contributed by atoms with Gasteiger partial charge >= 0.3 is 6.18 Å². The molecular formula is C20H22F3NO2. The van der Waals surface area contributed by atoms with Gasteiger partial charge in [-0.25, -0.2) is 0 Å². The third-order valence-electron chi connectivity index (χ3n) is 3.78. The van der Waals surface area contributed by atoms with Crippen molar-refractivity contribution in [2.75, 3.05) is 6.61 Å². The van der Waals surface area contributed by atoms with Gasteiger partial charge in [0.05, 0.1) is 11.6 Å². The number of alkyl halides is 3. The van der Waals surface area contributed by atoms with Gasteiger partial charge in [0.15, 0.2) is 6.61 Å². The molecule has 2 rings (SSSR count). The van der Waals surface area contributed by atoms with Crippen LogP contribution in [0.3, 0.4) is 0 Å². The molecule has 0 saturated heterocycles. The summed E-state index contributed by atoms with van der Waals surface area (Å²) >= 11 is 0. The maximum absolute atomic E-state index is 12.7. The predicted molar refractivity (Wildman–Crippen MR) is 93.7 cm³/mol. The monoisotopic (exact) mass is 365 g/mol. The van der Waals surface area contributed by atoms with E-state index in [-0.39, 0.29) is 24.3 Å². The predicted octanol–water partition coefficient (Wildman–Crippen LogP) is 4.99. The maximum atomic E-state index is 12.7. The second-order valence-corrected chi connectivity index (χ2v) is 6.47. The Morgan fingerprint density at radius 3 is 2.38 bits per heavy atom. The summed E-state index contributed by atoms with van der Waals surface area (Å²) in [7, 11) is 0. The molecule has 1 unspecified atom stereocenters. The van der Waals surface area contributed by atoms with E-state index in [1.54, 1.807) is 0 Å². The van der Waals surface area contributed by atoms with Crippen LogP contribution in [0.5, 0.6) is 5.75 Å². The minimum atomic E-state index is -4.45. The molecule has 2 aromatic carbocycles. The average Bonchev–Trinajstić information content (AvgIpc) is 2.59. The second-order valence-electron chi connectivity index (χ2n) is 6.47. The summed E-state index contributed by atoms with van der Waals surface area (Å²) in [5, 5.41) is 2.89. The van der Waals surface area contributed by atoms with E-state index in [0.717, 1.165) is 24.1 Å². The normalized spacial score (nSPS) is 12.7. The summed E-state index contributed by atoms with van der Waals surface area (Å²) in [5.41, 5.74) is 0.172. The molecule has 0 fully saturated rings. The lowest BCUT2D eigenvalue weighted by atomic mass is 9.97. The van der Waals surface area contributed by atoms with E-state index < -0.39 is 11.7 Å². The van der Waals surface area contributed by atoms with E-state index in [9.17, 15) is 18.0 Å². The maximum Gasteiger partial charge on any atom is 0.416 e. The van der Waals surface area contributed by atoms with E-state index in [0.29, 0.717) is 5.92 Å². The first-order valence-corrected chi connectivity index (χ1v) is 8.40. The highest BCUT2D eigenvalue weighted by molar-refractivity contribution is 5.78. The Morgan fingerprint density at radius 2 is 1.77 bits per heavy atom. The molecule has 1 N–H and O–H groups in total. The molecule has 0 spiro atoms. The molecular weight excluding hydrogens is 343 g/mol. The van der Waals surface area contributed by atoms with Crippen molar-refractivity contribution in [3.8, 4) is 5.75 Å². The summed E-state index contributed by atoms with van der Waals surface area (Å²) in [6, 6.07) is 13.9. The Morgan fingerprint density at radius 1 is 1.08 bits per heavy atom. The molecule has 2 aromatic rings. The van der Waals surface area contributed by atoms with Gasteiger partial charge in [-0.05, 0) is 36.1 Å². The molecule has 26 heavy (non-hydrogen) atoms. The first kappa shape index (κ1) is 19.8. The minimum Gasteiger partial charge on any atom is -0.484 e. The first-order chi connectivity index (χ1) is 12.3. The zero-order chi connectivity index (χ0) is 19.2. The van der Waals surface area contributed by atoms with Gasteiger partial charge in [0.1, 0.15) is 5.75 Å². The Hall–Kier alpha value is -2.50. The van der Waals surface area contributed by atoms with E-state index >= 15 is 0 Å². The Kier molecular flexibility index (Phi) is 6.66. The molecule has 0 radical (unpaired) electrons. The highest BCUT2D eigenvalue weighted by Gasteiger charge is 2.30. The van der Waals surface area contributed by atoms with Crippen LogP contribution in [0.4, 0.5) is 13.2 Å². The topological polar surface area (TPSA) is 38.3 Å². The van der Waals surface area contributed by atoms with Crippen molar-refractivity contribution in [3.05, 3.63) is 65.7 Å². The molecule has 0 saturated carbocycles. The summed E-state index contributed by atoms with van der Waals surface area (Å²) < 4.78 is 43.4. The van der Waals surface area contributed by atoms with Crippen LogP contribution >= 0.6 is 0 Å². The second kappa shape index (κ2) is 8.74. The molecule has 3 nitrogen and oxygen atoms in total. The Labute approximate surface area is 151 Å². The number of ether oxygens (including phenoxy) is 1. The van der Waals surface area contributed by atoms with Crippen molar-refractivity contribution in [1.29, 1.82) is 0 Å². The smallest absolute Gasteiger partial charge is 0.416 e. The zero-order valence-electron chi connectivity index (χ0n) is 14.7. The molecule has 0 bridgehead atoms. The van der Waals surface area contributed by atoms with E-state index in [1.165, 1.54) is 12.1 Å². The van der Waals surface area contributed by atoms with Crippen molar-refractivity contribution >= 4 is 5.91 Å². The van der Waals surface area contributed by atoms with Crippen LogP contribution in [0.25, 0.3) is 0 Å². The SMILES string of the molecule is CC(C)CC(NC(=O)COc1cccc(C(F)(F)F)c1)c1ccccc1. The van der Waals surface area contributed by atoms with Gasteiger partial charge < -0.3 is 10.1 Å². The molecule has 0 aliphatic carbocycles. The molecule has 0 aliphatic rings. The number of halogens is 3. The van der Waals surface area contributed by atoms with E-state index in [1.807, 2.05) is 30.3 Å². The zero-order valence-corrected chi connectivity index (χ0v) is 14.7. The summed E-state index contributed by atoms with van der Waals surface area (Å²) in [5.74, 6) is -0.00287. The lowest BCUT2D eigenvalue weighted by Gasteiger charge is -2.21. The fourth-order valence-corrected chi connectivity index (χ4v) is 2.58. The highest BCUT2D eigenvalue weighted by atomic mass is 19.4. The van der Waals surface area contributed by atoms with Crippen LogP contribution < -0.4 is 10.1 Å². The van der Waals surface area contributed by atoms with Crippen molar-refractivity contribution < 1.29 is 22.7 Å². The number of carbonyl (C=O) groups excluding carboxylic acids is 1. The standard InChI is InChI=1S/C20H22F3NO2/c1-14(2)11-18(15-7-4-3-5-8-15)24-19(25)13-26-17-10-6-9-16(12-17)20(21,22)23/h3-10,12,14,18H,11,13H2,1-2H3,(H,24,25). The number of amides is 1. The van der Waals surface area contributed by atoms with Gasteiger partial charge in [0.2, 0.25) is 0 Å². The molecule has 1 atom stereocenters. The summed E-state index contributed by atoms with van der Waals surface area (Å²) in [6.45, 7) is 3.77. The van der Waals surface area contributed by atoms with Gasteiger partial charge in [0, 0.05) is 0 Å². The molecule has 0 aromatic heterocycles. The third kappa shape index (κ3) is 6.10. The number of nitrogens with one attached hydrogen (secondary N) is 1. The number of carbonyl (C=O) groups is 1. The molecule has 6 heteroatoms. The number of hydrogen-bond acceptors (Lipinski definition) is 2. The van der Waals surface area contributed by atoms with Crippen LogP contribution in [0.2, 0.25) is 0 Å². The third-order valence-corrected chi connectivity index (χ3v) is 3.78. The molecule has 0 heterocycles. The quantitative estimate of drug-likeness (QED) is 0.751. The molecule has 1 amide bonds. The Bertz CT molecular complexity index is 714. The van der Waals surface area contributed by atoms with Gasteiger partial charge in [-0.3, -0.25) is 4.79 Å². The van der Waals surface area contributed by atoms with Crippen molar-refractivity contribution in [1.82, 2.24) is 5.32 Å². The lowest BCUT2D eigenvalue weighted by Crippen LogP contribution is -2.33. The first-order valence-electron chi connectivity index (χ1n) is 8.40. The van der Waals surface area contributed by atoms with Crippen molar-refractivity contribution in [2.45, 2.75) is 32.5 Å². The summed E-state index contributed by atoms with van der Waals surface area (Å²) in [6.07, 6.45) is -3.70. The van der Waals surface area contributed by atoms with Gasteiger partial charge in [0.25, 0.3) is 5.91 Å². The van der Waals surface area contributed by atoms with Crippen LogP contribution in [-0.4, -0.2) is 12.5 Å².